The fourth-order valence-corrected chi connectivity index (χ4v) is 3.02. The maximum Gasteiger partial charge on any atom is 0.292 e. The van der Waals surface area contributed by atoms with Gasteiger partial charge in [-0.3, -0.25) is 14.4 Å². The first kappa shape index (κ1) is 20.5. The van der Waals surface area contributed by atoms with Crippen LogP contribution in [-0.2, 0) is 11.8 Å². The largest absolute Gasteiger partial charge is 0.346 e. The summed E-state index contributed by atoms with van der Waals surface area (Å²) >= 11 is 2.95. The molecular formula is C18H18BrFN4O3. The number of halogens is 2. The highest BCUT2D eigenvalue weighted by atomic mass is 79.9. The lowest BCUT2D eigenvalue weighted by Crippen LogP contribution is -2.31. The van der Waals surface area contributed by atoms with E-state index in [9.17, 15) is 18.8 Å². The van der Waals surface area contributed by atoms with Crippen molar-refractivity contribution >= 4 is 39.2 Å². The molecule has 0 radical (unpaired) electrons. The van der Waals surface area contributed by atoms with Crippen molar-refractivity contribution in [2.75, 3.05) is 11.9 Å². The molecule has 142 valence electrons. The molecule has 0 spiro atoms. The summed E-state index contributed by atoms with van der Waals surface area (Å²) in [5, 5.41) is 4.88. The molecule has 0 atom stereocenters. The molecule has 0 aliphatic carbocycles. The quantitative estimate of drug-likeness (QED) is 0.315. The zero-order valence-electron chi connectivity index (χ0n) is 15.0. The van der Waals surface area contributed by atoms with Crippen LogP contribution in [0, 0.1) is 19.7 Å². The van der Waals surface area contributed by atoms with Crippen LogP contribution >= 0.6 is 15.9 Å². The molecule has 2 heterocycles. The van der Waals surface area contributed by atoms with Crippen molar-refractivity contribution in [3.8, 4) is 0 Å². The summed E-state index contributed by atoms with van der Waals surface area (Å²) in [4.78, 5) is 40.9. The van der Waals surface area contributed by atoms with E-state index in [-0.39, 0.29) is 28.1 Å². The minimum Gasteiger partial charge on any atom is -0.346 e. The number of pyridine rings is 1. The second kappa shape index (κ2) is 8.26. The van der Waals surface area contributed by atoms with Gasteiger partial charge in [-0.1, -0.05) is 6.08 Å². The van der Waals surface area contributed by atoms with Crippen LogP contribution in [-0.4, -0.2) is 33.7 Å². The smallest absolute Gasteiger partial charge is 0.292 e. The fourth-order valence-electron chi connectivity index (χ4n) is 2.69. The normalized spacial score (nSPS) is 10.4. The van der Waals surface area contributed by atoms with Gasteiger partial charge in [0, 0.05) is 25.5 Å². The summed E-state index contributed by atoms with van der Waals surface area (Å²) < 4.78 is 15.5. The maximum atomic E-state index is 14.1. The molecule has 0 unspecified atom stereocenters. The summed E-state index contributed by atoms with van der Waals surface area (Å²) in [5.41, 5.74) is 1.02. The molecule has 0 aromatic carbocycles. The van der Waals surface area contributed by atoms with Gasteiger partial charge in [0.25, 0.3) is 17.6 Å². The highest BCUT2D eigenvalue weighted by Gasteiger charge is 2.28. The first-order valence-electron chi connectivity index (χ1n) is 7.91. The number of Topliss-reactive ketones (excluding diaryl/α,β-unsaturated/α-hetero) is 1. The van der Waals surface area contributed by atoms with Crippen LogP contribution in [0.15, 0.2) is 29.5 Å². The van der Waals surface area contributed by atoms with Gasteiger partial charge < -0.3 is 15.2 Å². The van der Waals surface area contributed by atoms with Crippen molar-refractivity contribution in [3.63, 3.8) is 0 Å². The van der Waals surface area contributed by atoms with Crippen LogP contribution in [0.2, 0.25) is 0 Å². The zero-order chi connectivity index (χ0) is 20.3. The number of hydrogen-bond acceptors (Lipinski definition) is 4. The standard InChI is InChI=1S/C18H18BrFN4O3/c1-5-7-22-18(27)15(25)12-9(2)14(24(4)10(12)3)17(26)23-11-6-8-21-16(19)13(11)20/h5-6,8H,1,7H2,2-4H3,(H,22,27)(H,21,23,26). The fraction of sp³-hybridized carbons (Fsp3) is 0.222. The Morgan fingerprint density at radius 1 is 1.37 bits per heavy atom. The van der Waals surface area contributed by atoms with E-state index in [4.69, 9.17) is 0 Å². The third-order valence-corrected chi connectivity index (χ3v) is 4.63. The average Bonchev–Trinajstić information content (AvgIpc) is 2.85. The van der Waals surface area contributed by atoms with E-state index >= 15 is 0 Å². The Labute approximate surface area is 163 Å². The monoisotopic (exact) mass is 436 g/mol. The highest BCUT2D eigenvalue weighted by Crippen LogP contribution is 2.25. The second-order valence-corrected chi connectivity index (χ2v) is 6.49. The molecule has 9 heteroatoms. The van der Waals surface area contributed by atoms with Gasteiger partial charge in [-0.2, -0.15) is 0 Å². The van der Waals surface area contributed by atoms with E-state index in [0.717, 1.165) is 0 Å². The van der Waals surface area contributed by atoms with Crippen LogP contribution in [0.3, 0.4) is 0 Å². The lowest BCUT2D eigenvalue weighted by molar-refractivity contribution is -0.116. The van der Waals surface area contributed by atoms with Crippen LogP contribution in [0.5, 0.6) is 0 Å². The van der Waals surface area contributed by atoms with Crippen LogP contribution in [0.1, 0.15) is 32.1 Å². The number of aromatic nitrogens is 2. The number of ketones is 1. The predicted molar refractivity (Wildman–Crippen MR) is 102 cm³/mol. The van der Waals surface area contributed by atoms with Gasteiger partial charge in [0.15, 0.2) is 5.82 Å². The van der Waals surface area contributed by atoms with Crippen molar-refractivity contribution in [3.05, 3.63) is 57.9 Å². The highest BCUT2D eigenvalue weighted by molar-refractivity contribution is 9.10. The Balaban J connectivity index is 2.40. The third kappa shape index (κ3) is 3.97. The molecule has 0 aliphatic rings. The van der Waals surface area contributed by atoms with Crippen molar-refractivity contribution in [2.24, 2.45) is 7.05 Å². The van der Waals surface area contributed by atoms with E-state index in [1.54, 1.807) is 20.9 Å². The number of anilines is 1. The van der Waals surface area contributed by atoms with Gasteiger partial charge >= 0.3 is 0 Å². The summed E-state index contributed by atoms with van der Waals surface area (Å²) in [6.07, 6.45) is 2.79. The van der Waals surface area contributed by atoms with Gasteiger partial charge in [0.2, 0.25) is 0 Å². The van der Waals surface area contributed by atoms with E-state index in [1.165, 1.54) is 22.9 Å². The minimum absolute atomic E-state index is 0.0326. The van der Waals surface area contributed by atoms with Crippen LogP contribution < -0.4 is 10.6 Å². The SMILES string of the molecule is C=CCNC(=O)C(=O)c1c(C)c(C(=O)Nc2ccnc(Br)c2F)n(C)c1C. The van der Waals surface area contributed by atoms with E-state index in [1.807, 2.05) is 0 Å². The van der Waals surface area contributed by atoms with Crippen LogP contribution in [0.25, 0.3) is 0 Å². The summed E-state index contributed by atoms with van der Waals surface area (Å²) in [7, 11) is 1.59. The Hall–Kier alpha value is -2.81. The number of carbonyl (C=O) groups excluding carboxylic acids is 3. The second-order valence-electron chi connectivity index (χ2n) is 5.74. The molecule has 0 saturated carbocycles. The predicted octanol–water partition coefficient (Wildman–Crippen LogP) is 2.68. The molecule has 2 aromatic heterocycles. The van der Waals surface area contributed by atoms with Crippen LogP contribution in [0.4, 0.5) is 10.1 Å². The van der Waals surface area contributed by atoms with E-state index in [0.29, 0.717) is 11.3 Å². The van der Waals surface area contributed by atoms with Crippen molar-refractivity contribution in [1.29, 1.82) is 0 Å². The van der Waals surface area contributed by atoms with Gasteiger partial charge in [-0.05, 0) is 41.4 Å². The Bertz CT molecular complexity index is 953. The lowest BCUT2D eigenvalue weighted by atomic mass is 10.0. The van der Waals surface area contributed by atoms with E-state index in [2.05, 4.69) is 38.1 Å². The lowest BCUT2D eigenvalue weighted by Gasteiger charge is -2.09. The number of hydrogen-bond donors (Lipinski definition) is 2. The first-order valence-corrected chi connectivity index (χ1v) is 8.70. The molecule has 2 N–H and O–H groups in total. The molecule has 2 amide bonds. The maximum absolute atomic E-state index is 14.1. The van der Waals surface area contributed by atoms with Crippen molar-refractivity contribution < 1.29 is 18.8 Å². The molecule has 0 fully saturated rings. The minimum atomic E-state index is -0.789. The molecule has 7 nitrogen and oxygen atoms in total. The average molecular weight is 437 g/mol. The topological polar surface area (TPSA) is 93.1 Å². The number of nitrogens with zero attached hydrogens (tertiary/aromatic N) is 2. The number of rotatable bonds is 6. The summed E-state index contributed by atoms with van der Waals surface area (Å²) in [6.45, 7) is 6.82. The van der Waals surface area contributed by atoms with Gasteiger partial charge in [-0.25, -0.2) is 9.37 Å². The van der Waals surface area contributed by atoms with Crippen molar-refractivity contribution in [2.45, 2.75) is 13.8 Å². The Morgan fingerprint density at radius 3 is 2.67 bits per heavy atom. The molecule has 2 aromatic rings. The first-order chi connectivity index (χ1) is 12.7. The van der Waals surface area contributed by atoms with Gasteiger partial charge in [0.1, 0.15) is 10.3 Å². The summed E-state index contributed by atoms with van der Waals surface area (Å²) in [5.74, 6) is -2.86. The molecular weight excluding hydrogens is 419 g/mol. The molecule has 0 saturated heterocycles. The number of nitrogens with one attached hydrogen (secondary N) is 2. The zero-order valence-corrected chi connectivity index (χ0v) is 16.6. The number of carbonyl (C=O) groups is 3. The van der Waals surface area contributed by atoms with Crippen molar-refractivity contribution in [1.82, 2.24) is 14.9 Å². The Morgan fingerprint density at radius 2 is 2.04 bits per heavy atom. The van der Waals surface area contributed by atoms with Gasteiger partial charge in [0.05, 0.1) is 11.3 Å². The third-order valence-electron chi connectivity index (χ3n) is 4.08. The van der Waals surface area contributed by atoms with E-state index < -0.39 is 23.4 Å². The summed E-state index contributed by atoms with van der Waals surface area (Å²) in [6, 6.07) is 1.32. The molecule has 27 heavy (non-hydrogen) atoms. The Kier molecular flexibility index (Phi) is 6.27. The van der Waals surface area contributed by atoms with Gasteiger partial charge in [-0.15, -0.1) is 6.58 Å². The molecule has 2 rings (SSSR count). The number of amides is 2. The molecule has 0 aliphatic heterocycles. The molecule has 0 bridgehead atoms.